The number of rotatable bonds is 10. The number of ether oxygens (including phenoxy) is 1. The molecule has 1 aromatic carbocycles. The maximum Gasteiger partial charge on any atom is 0.407 e. The monoisotopic (exact) mass is 522 g/mol. The second-order valence-electron chi connectivity index (χ2n) is 9.48. The summed E-state index contributed by atoms with van der Waals surface area (Å²) in [6.07, 6.45) is 2.69. The molecule has 0 radical (unpaired) electrons. The summed E-state index contributed by atoms with van der Waals surface area (Å²) < 4.78 is 19.9. The molecule has 14 heteroatoms. The lowest BCUT2D eigenvalue weighted by atomic mass is 9.87. The molecule has 2 unspecified atom stereocenters. The molecule has 0 saturated carbocycles. The first kappa shape index (κ1) is 26.4. The number of nitrogens with zero attached hydrogens (tertiary/aromatic N) is 1. The van der Waals surface area contributed by atoms with Gasteiger partial charge in [-0.1, -0.05) is 12.8 Å². The summed E-state index contributed by atoms with van der Waals surface area (Å²) >= 11 is 0. The Morgan fingerprint density at radius 2 is 1.81 bits per heavy atom. The van der Waals surface area contributed by atoms with Gasteiger partial charge in [0.2, 0.25) is 5.79 Å². The molecule has 3 atom stereocenters. The van der Waals surface area contributed by atoms with Crippen LogP contribution in [0.2, 0.25) is 0 Å². The van der Waals surface area contributed by atoms with Crippen LogP contribution in [0.1, 0.15) is 42.5 Å². The van der Waals surface area contributed by atoms with Gasteiger partial charge in [0.25, 0.3) is 11.6 Å². The first-order valence-electron chi connectivity index (χ1n) is 12.4. The molecule has 0 aliphatic carbocycles. The van der Waals surface area contributed by atoms with Crippen molar-refractivity contribution in [2.24, 2.45) is 11.5 Å². The van der Waals surface area contributed by atoms with Gasteiger partial charge in [-0.05, 0) is 37.1 Å². The van der Waals surface area contributed by atoms with E-state index in [-0.39, 0.29) is 36.7 Å². The molecule has 3 aliphatic heterocycles. The summed E-state index contributed by atoms with van der Waals surface area (Å²) in [4.78, 5) is 27.2. The Bertz CT molecular complexity index is 1080. The van der Waals surface area contributed by atoms with Crippen molar-refractivity contribution in [2.45, 2.75) is 55.6 Å². The van der Waals surface area contributed by atoms with Crippen molar-refractivity contribution in [1.29, 1.82) is 0 Å². The van der Waals surface area contributed by atoms with Crippen molar-refractivity contribution in [3.8, 4) is 0 Å². The minimum Gasteiger partial charge on any atom is -0.446 e. The van der Waals surface area contributed by atoms with Crippen LogP contribution in [0.4, 0.5) is 9.18 Å². The van der Waals surface area contributed by atoms with Crippen LogP contribution in [0.3, 0.4) is 0 Å². The molecule has 11 N–H and O–H groups in total. The number of benzene rings is 1. The van der Waals surface area contributed by atoms with Gasteiger partial charge in [0, 0.05) is 25.1 Å². The standard InChI is InChI=1S/C23H33FN8O5/c24-15-7-5-14(6-8-15)18(33)27-10-3-1-2-4-11-28-21(34)37-13-16-17-23(31-19(25)30-17)22(35,36)9-12-32(23)20(26)29-16/h5-8,16-17,35-36H,1-4,9-13H2,(H7,25,26,27,28,29,30,31,33,34)/p+2/t16-,17?,23?/m0/s1. The van der Waals surface area contributed by atoms with Crippen molar-refractivity contribution < 1.29 is 38.5 Å². The number of aliphatic hydroxyl groups is 2. The number of nitrogens with two attached hydrogens (primary N) is 2. The van der Waals surface area contributed by atoms with E-state index in [9.17, 15) is 24.2 Å². The van der Waals surface area contributed by atoms with Crippen LogP contribution in [-0.2, 0) is 4.74 Å². The summed E-state index contributed by atoms with van der Waals surface area (Å²) in [6.45, 7) is 1.15. The van der Waals surface area contributed by atoms with E-state index >= 15 is 0 Å². The second-order valence-corrected chi connectivity index (χ2v) is 9.48. The van der Waals surface area contributed by atoms with Gasteiger partial charge in [0.1, 0.15) is 18.5 Å². The third-order valence-corrected chi connectivity index (χ3v) is 6.99. The zero-order chi connectivity index (χ0) is 26.6. The third-order valence-electron chi connectivity index (χ3n) is 6.99. The minimum absolute atomic E-state index is 0.0581. The number of hydrogen-bond donors (Lipinski definition) is 9. The van der Waals surface area contributed by atoms with Gasteiger partial charge < -0.3 is 25.6 Å². The van der Waals surface area contributed by atoms with Crippen molar-refractivity contribution >= 4 is 23.9 Å². The Balaban J connectivity index is 1.13. The minimum atomic E-state index is -2.11. The Hall–Kier alpha value is -3.65. The van der Waals surface area contributed by atoms with Crippen LogP contribution in [0.5, 0.6) is 0 Å². The number of guanidine groups is 2. The highest BCUT2D eigenvalue weighted by molar-refractivity contribution is 5.94. The summed E-state index contributed by atoms with van der Waals surface area (Å²) in [7, 11) is 0. The number of carbonyl (C=O) groups excluding carboxylic acids is 2. The quantitative estimate of drug-likeness (QED) is 0.0842. The smallest absolute Gasteiger partial charge is 0.407 e. The molecule has 13 nitrogen and oxygen atoms in total. The molecule has 1 fully saturated rings. The lowest BCUT2D eigenvalue weighted by Gasteiger charge is -2.40. The molecule has 3 aliphatic rings. The number of nitrogens with one attached hydrogen (secondary N) is 5. The molecule has 1 aromatic rings. The molecule has 3 heterocycles. The van der Waals surface area contributed by atoms with Crippen molar-refractivity contribution in [3.05, 3.63) is 35.6 Å². The van der Waals surface area contributed by atoms with Crippen molar-refractivity contribution in [1.82, 2.24) is 21.3 Å². The van der Waals surface area contributed by atoms with Crippen molar-refractivity contribution in [2.75, 3.05) is 26.2 Å². The van der Waals surface area contributed by atoms with Crippen LogP contribution in [0.15, 0.2) is 24.3 Å². The van der Waals surface area contributed by atoms with Gasteiger partial charge in [0.05, 0.1) is 6.54 Å². The highest BCUT2D eigenvalue weighted by atomic mass is 19.1. The molecule has 2 amide bonds. The Kier molecular flexibility index (Phi) is 7.68. The predicted octanol–water partition coefficient (Wildman–Crippen LogP) is -3.71. The number of amides is 2. The molecular formula is C23H35FN8O5+2. The maximum absolute atomic E-state index is 12.9. The summed E-state index contributed by atoms with van der Waals surface area (Å²) in [5.74, 6) is -2.33. The largest absolute Gasteiger partial charge is 0.446 e. The molecule has 1 saturated heterocycles. The van der Waals surface area contributed by atoms with Crippen LogP contribution < -0.4 is 37.7 Å². The molecule has 4 rings (SSSR count). The number of unbranched alkanes of at least 4 members (excludes halogenated alkanes) is 3. The predicted molar refractivity (Wildman–Crippen MR) is 129 cm³/mol. The topological polar surface area (TPSA) is 201 Å². The fourth-order valence-electron chi connectivity index (χ4n) is 5.13. The summed E-state index contributed by atoms with van der Waals surface area (Å²) in [5.41, 5.74) is 11.1. The lowest BCUT2D eigenvalue weighted by Crippen LogP contribution is -2.91. The van der Waals surface area contributed by atoms with Gasteiger partial charge in [-0.25, -0.2) is 19.1 Å². The van der Waals surface area contributed by atoms with E-state index in [2.05, 4.69) is 26.3 Å². The lowest BCUT2D eigenvalue weighted by molar-refractivity contribution is -0.674. The molecule has 202 valence electrons. The van der Waals surface area contributed by atoms with E-state index in [4.69, 9.17) is 16.2 Å². The van der Waals surface area contributed by atoms with E-state index in [1.807, 2.05) is 0 Å². The molecule has 1 spiro atoms. The summed E-state index contributed by atoms with van der Waals surface area (Å²) in [6, 6.07) is 4.17. The first-order valence-corrected chi connectivity index (χ1v) is 12.4. The molecule has 37 heavy (non-hydrogen) atoms. The zero-order valence-corrected chi connectivity index (χ0v) is 20.4. The van der Waals surface area contributed by atoms with Crippen LogP contribution in [0, 0.1) is 5.82 Å². The van der Waals surface area contributed by atoms with E-state index < -0.39 is 29.6 Å². The summed E-state index contributed by atoms with van der Waals surface area (Å²) in [5, 5.41) is 32.8. The first-order chi connectivity index (χ1) is 17.6. The SMILES string of the molecule is NC1=[NH+]C2[C@H](COC(=O)NCCCCCCNC(=O)c3ccc(F)cc3)NC(N)=[N+]3CCC(O)(O)C23N1. The van der Waals surface area contributed by atoms with Gasteiger partial charge in [-0.3, -0.25) is 26.6 Å². The van der Waals surface area contributed by atoms with E-state index in [0.717, 1.165) is 25.7 Å². The second kappa shape index (κ2) is 10.8. The van der Waals surface area contributed by atoms with Gasteiger partial charge in [-0.2, -0.15) is 0 Å². The number of halogens is 1. The van der Waals surface area contributed by atoms with Crippen LogP contribution in [-0.4, -0.2) is 88.5 Å². The van der Waals surface area contributed by atoms with E-state index in [1.54, 1.807) is 4.58 Å². The van der Waals surface area contributed by atoms with Gasteiger partial charge in [0.15, 0.2) is 6.04 Å². The maximum atomic E-state index is 12.9. The Morgan fingerprint density at radius 3 is 2.51 bits per heavy atom. The Labute approximate surface area is 213 Å². The molecule has 0 aromatic heterocycles. The normalized spacial score (nSPS) is 25.3. The van der Waals surface area contributed by atoms with E-state index in [1.165, 1.54) is 24.3 Å². The van der Waals surface area contributed by atoms with Gasteiger partial charge >= 0.3 is 18.0 Å². The average Bonchev–Trinajstić information content (AvgIpc) is 3.35. The van der Waals surface area contributed by atoms with Crippen molar-refractivity contribution in [3.63, 3.8) is 0 Å². The number of carbonyl (C=O) groups is 2. The molecule has 0 bridgehead atoms. The average molecular weight is 523 g/mol. The zero-order valence-electron chi connectivity index (χ0n) is 20.4. The number of alkyl carbamates (subject to hydrolysis) is 1. The fraction of sp³-hybridized carbons (Fsp3) is 0.565. The van der Waals surface area contributed by atoms with E-state index in [0.29, 0.717) is 25.2 Å². The van der Waals surface area contributed by atoms with Gasteiger partial charge in [-0.15, -0.1) is 0 Å². The number of hydrogen-bond acceptors (Lipinski definition) is 9. The highest BCUT2D eigenvalue weighted by Crippen LogP contribution is 2.36. The molecular weight excluding hydrogens is 487 g/mol. The highest BCUT2D eigenvalue weighted by Gasteiger charge is 2.74. The Morgan fingerprint density at radius 1 is 1.14 bits per heavy atom. The third kappa shape index (κ3) is 5.39. The van der Waals surface area contributed by atoms with Crippen LogP contribution >= 0.6 is 0 Å². The fourth-order valence-corrected chi connectivity index (χ4v) is 5.13. The van der Waals surface area contributed by atoms with Crippen LogP contribution in [0.25, 0.3) is 0 Å².